The van der Waals surface area contributed by atoms with Gasteiger partial charge in [0.25, 0.3) is 0 Å². The summed E-state index contributed by atoms with van der Waals surface area (Å²) >= 11 is 0. The van der Waals surface area contributed by atoms with Crippen LogP contribution in [0.1, 0.15) is 12.0 Å². The van der Waals surface area contributed by atoms with E-state index in [2.05, 4.69) is 0 Å². The average Bonchev–Trinajstić information content (AvgIpc) is 2.72. The summed E-state index contributed by atoms with van der Waals surface area (Å²) in [4.78, 5) is 15.7. The molecule has 5 heteroatoms. The third kappa shape index (κ3) is 2.52. The first-order valence-corrected chi connectivity index (χ1v) is 5.65. The van der Waals surface area contributed by atoms with Crippen molar-refractivity contribution < 1.29 is 19.5 Å². The number of carboxylic acid groups (broad SMARTS) is 1. The average molecular weight is 249 g/mol. The van der Waals surface area contributed by atoms with Gasteiger partial charge in [0.05, 0.1) is 0 Å². The Morgan fingerprint density at radius 2 is 2.17 bits per heavy atom. The summed E-state index contributed by atoms with van der Waals surface area (Å²) in [5, 5.41) is 8.88. The minimum atomic E-state index is -1.33. The van der Waals surface area contributed by atoms with Crippen molar-refractivity contribution in [3.8, 4) is 0 Å². The molecule has 0 bridgehead atoms. The molecular formula is C13H15NO4. The molecule has 0 unspecified atom stereocenters. The second-order valence-corrected chi connectivity index (χ2v) is 4.25. The van der Waals surface area contributed by atoms with Crippen molar-refractivity contribution in [3.05, 3.63) is 48.0 Å². The molecule has 0 saturated carbocycles. The van der Waals surface area contributed by atoms with Gasteiger partial charge in [0.15, 0.2) is 5.60 Å². The van der Waals surface area contributed by atoms with Crippen molar-refractivity contribution in [2.24, 2.45) is 5.90 Å². The summed E-state index contributed by atoms with van der Waals surface area (Å²) in [5.74, 6) is 5.23. The fourth-order valence-electron chi connectivity index (χ4n) is 2.25. The topological polar surface area (TPSA) is 81.8 Å². The first kappa shape index (κ1) is 12.6. The minimum Gasteiger partial charge on any atom is -0.450 e. The van der Waals surface area contributed by atoms with Gasteiger partial charge < -0.3 is 9.84 Å². The first-order valence-electron chi connectivity index (χ1n) is 5.65. The van der Waals surface area contributed by atoms with Gasteiger partial charge in [0, 0.05) is 6.42 Å². The molecule has 3 N–H and O–H groups in total. The van der Waals surface area contributed by atoms with Crippen LogP contribution in [0.5, 0.6) is 0 Å². The molecule has 1 aromatic carbocycles. The van der Waals surface area contributed by atoms with Gasteiger partial charge in [-0.1, -0.05) is 36.4 Å². The smallest absolute Gasteiger partial charge is 0.450 e. The highest BCUT2D eigenvalue weighted by molar-refractivity contribution is 5.58. The second kappa shape index (κ2) is 5.20. The quantitative estimate of drug-likeness (QED) is 0.483. The lowest BCUT2D eigenvalue weighted by molar-refractivity contribution is -0.0902. The monoisotopic (exact) mass is 249 g/mol. The molecule has 0 radical (unpaired) electrons. The Hall–Kier alpha value is -1.85. The van der Waals surface area contributed by atoms with E-state index in [4.69, 9.17) is 20.6 Å². The highest BCUT2D eigenvalue weighted by Gasteiger charge is 2.44. The lowest BCUT2D eigenvalue weighted by Crippen LogP contribution is -2.46. The Bertz CT molecular complexity index is 446. The van der Waals surface area contributed by atoms with Gasteiger partial charge in [0.1, 0.15) is 6.10 Å². The van der Waals surface area contributed by atoms with Crippen LogP contribution in [0, 0.1) is 0 Å². The zero-order valence-corrected chi connectivity index (χ0v) is 9.78. The van der Waals surface area contributed by atoms with E-state index >= 15 is 0 Å². The van der Waals surface area contributed by atoms with Gasteiger partial charge in [0.2, 0.25) is 0 Å². The molecule has 0 heterocycles. The largest absolute Gasteiger partial charge is 0.506 e. The normalized spacial score (nSPS) is 26.2. The molecule has 2 atom stereocenters. The highest BCUT2D eigenvalue weighted by Crippen LogP contribution is 2.32. The van der Waals surface area contributed by atoms with Gasteiger partial charge in [-0.3, -0.25) is 4.84 Å². The standard InChI is InChI=1S/C13H15NO4/c14-18-11-7-4-8-13(11,17-12(15)16)9-10-5-2-1-3-6-10/h1-6,8,11H,7,9,14H2,(H,15,16)/t11-,13-/m0/s1. The molecule has 0 aliphatic heterocycles. The van der Waals surface area contributed by atoms with E-state index in [1.54, 1.807) is 6.08 Å². The molecular weight excluding hydrogens is 234 g/mol. The van der Waals surface area contributed by atoms with E-state index in [-0.39, 0.29) is 0 Å². The SMILES string of the molecule is NO[C@H]1CC=C[C@@]1(Cc1ccccc1)OC(=O)O. The van der Waals surface area contributed by atoms with Crippen LogP contribution in [-0.4, -0.2) is 23.0 Å². The van der Waals surface area contributed by atoms with Crippen molar-refractivity contribution in [1.82, 2.24) is 0 Å². The van der Waals surface area contributed by atoms with E-state index in [9.17, 15) is 4.79 Å². The van der Waals surface area contributed by atoms with Crippen LogP contribution < -0.4 is 5.90 Å². The van der Waals surface area contributed by atoms with E-state index in [0.29, 0.717) is 12.8 Å². The molecule has 18 heavy (non-hydrogen) atoms. The van der Waals surface area contributed by atoms with Gasteiger partial charge in [-0.15, -0.1) is 0 Å². The Morgan fingerprint density at radius 3 is 2.78 bits per heavy atom. The van der Waals surface area contributed by atoms with Crippen LogP contribution in [0.25, 0.3) is 0 Å². The number of nitrogens with two attached hydrogens (primary N) is 1. The van der Waals surface area contributed by atoms with Gasteiger partial charge >= 0.3 is 6.16 Å². The van der Waals surface area contributed by atoms with Crippen LogP contribution >= 0.6 is 0 Å². The Morgan fingerprint density at radius 1 is 1.44 bits per heavy atom. The van der Waals surface area contributed by atoms with E-state index in [1.165, 1.54) is 0 Å². The number of benzene rings is 1. The Labute approximate surface area is 105 Å². The maximum Gasteiger partial charge on any atom is 0.506 e. The fourth-order valence-corrected chi connectivity index (χ4v) is 2.25. The molecule has 0 aromatic heterocycles. The molecule has 0 fully saturated rings. The summed E-state index contributed by atoms with van der Waals surface area (Å²) in [7, 11) is 0. The third-order valence-corrected chi connectivity index (χ3v) is 3.06. The van der Waals surface area contributed by atoms with Crippen LogP contribution in [0.15, 0.2) is 42.5 Å². The number of ether oxygens (including phenoxy) is 1. The summed E-state index contributed by atoms with van der Waals surface area (Å²) in [6.07, 6.45) is 2.65. The van der Waals surface area contributed by atoms with Crippen molar-refractivity contribution in [3.63, 3.8) is 0 Å². The molecule has 0 amide bonds. The van der Waals surface area contributed by atoms with Crippen LogP contribution in [-0.2, 0) is 16.0 Å². The minimum absolute atomic E-state index is 0.401. The van der Waals surface area contributed by atoms with Crippen molar-refractivity contribution >= 4 is 6.16 Å². The first-order chi connectivity index (χ1) is 8.66. The molecule has 96 valence electrons. The fraction of sp³-hybridized carbons (Fsp3) is 0.308. The van der Waals surface area contributed by atoms with Crippen LogP contribution in [0.3, 0.4) is 0 Å². The zero-order chi connectivity index (χ0) is 13.0. The predicted molar refractivity (Wildman–Crippen MR) is 64.8 cm³/mol. The van der Waals surface area contributed by atoms with Crippen molar-refractivity contribution in [2.45, 2.75) is 24.5 Å². The predicted octanol–water partition coefficient (Wildman–Crippen LogP) is 1.88. The van der Waals surface area contributed by atoms with Crippen molar-refractivity contribution in [2.75, 3.05) is 0 Å². The molecule has 1 aliphatic rings. The number of hydrogen-bond acceptors (Lipinski definition) is 4. The van der Waals surface area contributed by atoms with E-state index in [1.807, 2.05) is 36.4 Å². The Kier molecular flexibility index (Phi) is 3.64. The lowest BCUT2D eigenvalue weighted by Gasteiger charge is -2.31. The van der Waals surface area contributed by atoms with Gasteiger partial charge in [-0.2, -0.15) is 0 Å². The summed E-state index contributed by atoms with van der Waals surface area (Å²) in [6, 6.07) is 9.50. The maximum absolute atomic E-state index is 10.9. The number of rotatable bonds is 4. The summed E-state index contributed by atoms with van der Waals surface area (Å²) in [6.45, 7) is 0. The van der Waals surface area contributed by atoms with Crippen LogP contribution in [0.2, 0.25) is 0 Å². The highest BCUT2D eigenvalue weighted by atomic mass is 16.7. The number of hydrogen-bond donors (Lipinski definition) is 2. The maximum atomic E-state index is 10.9. The summed E-state index contributed by atoms with van der Waals surface area (Å²) < 4.78 is 5.03. The zero-order valence-electron chi connectivity index (χ0n) is 9.78. The van der Waals surface area contributed by atoms with E-state index in [0.717, 1.165) is 5.56 Å². The molecule has 2 rings (SSSR count). The van der Waals surface area contributed by atoms with Gasteiger partial charge in [-0.25, -0.2) is 10.7 Å². The molecule has 5 nitrogen and oxygen atoms in total. The van der Waals surface area contributed by atoms with Gasteiger partial charge in [-0.05, 0) is 18.1 Å². The molecule has 1 aliphatic carbocycles. The molecule has 0 spiro atoms. The molecule has 0 saturated heterocycles. The second-order valence-electron chi connectivity index (χ2n) is 4.25. The van der Waals surface area contributed by atoms with Crippen LogP contribution in [0.4, 0.5) is 4.79 Å². The van der Waals surface area contributed by atoms with E-state index < -0.39 is 17.9 Å². The molecule has 1 aromatic rings. The lowest BCUT2D eigenvalue weighted by atomic mass is 9.91. The third-order valence-electron chi connectivity index (χ3n) is 3.06. The van der Waals surface area contributed by atoms with Crippen molar-refractivity contribution in [1.29, 1.82) is 0 Å². The number of carbonyl (C=O) groups is 1. The Balaban J connectivity index is 2.25. The summed E-state index contributed by atoms with van der Waals surface area (Å²) in [5.41, 5.74) is -0.0746.